The van der Waals surface area contributed by atoms with E-state index in [1.807, 2.05) is 37.3 Å². The first-order valence-electron chi connectivity index (χ1n) is 9.39. The van der Waals surface area contributed by atoms with Crippen LogP contribution in [0.15, 0.2) is 83.8 Å². The van der Waals surface area contributed by atoms with E-state index in [2.05, 4.69) is 10.0 Å². The molecular formula is C23H24N2O3S. The van der Waals surface area contributed by atoms with E-state index < -0.39 is 10.0 Å². The summed E-state index contributed by atoms with van der Waals surface area (Å²) in [5, 5.41) is 2.94. The Balaban J connectivity index is 1.73. The first kappa shape index (κ1) is 20.6. The maximum atomic E-state index is 12.7. The van der Waals surface area contributed by atoms with Crippen LogP contribution >= 0.6 is 0 Å². The van der Waals surface area contributed by atoms with Crippen LogP contribution in [-0.2, 0) is 10.0 Å². The monoisotopic (exact) mass is 408 g/mol. The fourth-order valence-electron chi connectivity index (χ4n) is 3.04. The fourth-order valence-corrected chi connectivity index (χ4v) is 4.18. The molecule has 1 unspecified atom stereocenters. The van der Waals surface area contributed by atoms with Crippen LogP contribution in [0, 0.1) is 6.92 Å². The number of amides is 1. The van der Waals surface area contributed by atoms with Gasteiger partial charge < -0.3 is 5.32 Å². The van der Waals surface area contributed by atoms with Crippen molar-refractivity contribution < 1.29 is 13.2 Å². The third kappa shape index (κ3) is 5.03. The molecule has 0 saturated heterocycles. The fraction of sp³-hybridized carbons (Fsp3) is 0.174. The van der Waals surface area contributed by atoms with Gasteiger partial charge >= 0.3 is 0 Å². The maximum Gasteiger partial charge on any atom is 0.261 e. The van der Waals surface area contributed by atoms with Crippen LogP contribution in [0.2, 0.25) is 0 Å². The lowest BCUT2D eigenvalue weighted by molar-refractivity contribution is 0.0951. The summed E-state index contributed by atoms with van der Waals surface area (Å²) in [7, 11) is -3.72. The molecule has 0 aromatic heterocycles. The molecule has 5 nitrogen and oxygen atoms in total. The normalized spacial score (nSPS) is 12.2. The van der Waals surface area contributed by atoms with Gasteiger partial charge in [0.15, 0.2) is 0 Å². The van der Waals surface area contributed by atoms with Gasteiger partial charge in [-0.3, -0.25) is 9.52 Å². The molecule has 0 fully saturated rings. The molecule has 3 aromatic rings. The summed E-state index contributed by atoms with van der Waals surface area (Å²) in [6, 6.07) is 23.1. The van der Waals surface area contributed by atoms with E-state index >= 15 is 0 Å². The third-order valence-electron chi connectivity index (χ3n) is 4.81. The standard InChI is InChI=1S/C23H24N2O3S/c1-17(19-10-5-3-6-11-19)16-24-23(26)21-14-9-15-22(18(21)2)25-29(27,28)20-12-7-4-8-13-20/h3-15,17,25H,16H2,1-2H3,(H,24,26). The Labute approximate surface area is 171 Å². The topological polar surface area (TPSA) is 75.3 Å². The number of hydrogen-bond donors (Lipinski definition) is 2. The number of rotatable bonds is 7. The Hall–Kier alpha value is -3.12. The third-order valence-corrected chi connectivity index (χ3v) is 6.20. The molecule has 0 spiro atoms. The Morgan fingerprint density at radius 1 is 0.897 bits per heavy atom. The quantitative estimate of drug-likeness (QED) is 0.611. The number of nitrogens with one attached hydrogen (secondary N) is 2. The predicted octanol–water partition coefficient (Wildman–Crippen LogP) is 4.33. The number of hydrogen-bond acceptors (Lipinski definition) is 3. The van der Waals surface area contributed by atoms with Crippen LogP contribution in [-0.4, -0.2) is 20.9 Å². The molecule has 0 bridgehead atoms. The molecule has 2 N–H and O–H groups in total. The summed E-state index contributed by atoms with van der Waals surface area (Å²) < 4.78 is 27.8. The number of carbonyl (C=O) groups excluding carboxylic acids is 1. The van der Waals surface area contributed by atoms with Crippen molar-refractivity contribution in [2.75, 3.05) is 11.3 Å². The van der Waals surface area contributed by atoms with Crippen LogP contribution in [0.4, 0.5) is 5.69 Å². The highest BCUT2D eigenvalue weighted by atomic mass is 32.2. The highest BCUT2D eigenvalue weighted by Gasteiger charge is 2.18. The molecule has 0 aliphatic rings. The van der Waals surface area contributed by atoms with Gasteiger partial charge in [0.25, 0.3) is 15.9 Å². The van der Waals surface area contributed by atoms with Gasteiger partial charge in [0.2, 0.25) is 0 Å². The van der Waals surface area contributed by atoms with Crippen molar-refractivity contribution in [2.45, 2.75) is 24.7 Å². The lowest BCUT2D eigenvalue weighted by Crippen LogP contribution is -2.28. The summed E-state index contributed by atoms with van der Waals surface area (Å²) in [6.07, 6.45) is 0. The smallest absolute Gasteiger partial charge is 0.261 e. The van der Waals surface area contributed by atoms with Gasteiger partial charge in [-0.15, -0.1) is 0 Å². The molecule has 29 heavy (non-hydrogen) atoms. The number of carbonyl (C=O) groups is 1. The zero-order chi connectivity index (χ0) is 20.9. The molecule has 3 aromatic carbocycles. The molecule has 6 heteroatoms. The number of benzene rings is 3. The Bertz CT molecular complexity index is 1080. The summed E-state index contributed by atoms with van der Waals surface area (Å²) in [4.78, 5) is 12.9. The molecule has 0 aliphatic carbocycles. The predicted molar refractivity (Wildman–Crippen MR) is 116 cm³/mol. The lowest BCUT2D eigenvalue weighted by Gasteiger charge is -2.16. The van der Waals surface area contributed by atoms with Crippen LogP contribution < -0.4 is 10.0 Å². The lowest BCUT2D eigenvalue weighted by atomic mass is 10.0. The van der Waals surface area contributed by atoms with E-state index in [-0.39, 0.29) is 16.7 Å². The highest BCUT2D eigenvalue weighted by molar-refractivity contribution is 7.92. The Morgan fingerprint density at radius 3 is 2.17 bits per heavy atom. The Kier molecular flexibility index (Phi) is 6.34. The van der Waals surface area contributed by atoms with E-state index in [4.69, 9.17) is 0 Å². The minimum atomic E-state index is -3.72. The van der Waals surface area contributed by atoms with Crippen LogP contribution in [0.5, 0.6) is 0 Å². The molecule has 150 valence electrons. The average molecular weight is 409 g/mol. The van der Waals surface area contributed by atoms with E-state index in [9.17, 15) is 13.2 Å². The van der Waals surface area contributed by atoms with Crippen molar-refractivity contribution in [3.05, 3.63) is 95.6 Å². The van der Waals surface area contributed by atoms with Gasteiger partial charge in [0.05, 0.1) is 10.6 Å². The average Bonchev–Trinajstić information content (AvgIpc) is 2.74. The van der Waals surface area contributed by atoms with Gasteiger partial charge in [-0.25, -0.2) is 8.42 Å². The summed E-state index contributed by atoms with van der Waals surface area (Å²) in [5.41, 5.74) is 2.56. The van der Waals surface area contributed by atoms with Crippen molar-refractivity contribution in [3.63, 3.8) is 0 Å². The first-order valence-corrected chi connectivity index (χ1v) is 10.9. The molecule has 0 heterocycles. The van der Waals surface area contributed by atoms with Gasteiger partial charge in [-0.2, -0.15) is 0 Å². The van der Waals surface area contributed by atoms with Crippen molar-refractivity contribution in [2.24, 2.45) is 0 Å². The molecular weight excluding hydrogens is 384 g/mol. The summed E-state index contributed by atoms with van der Waals surface area (Å²) >= 11 is 0. The summed E-state index contributed by atoms with van der Waals surface area (Å²) in [5.74, 6) is -0.0636. The zero-order valence-electron chi connectivity index (χ0n) is 16.4. The van der Waals surface area contributed by atoms with Gasteiger partial charge in [0.1, 0.15) is 0 Å². The van der Waals surface area contributed by atoms with E-state index in [0.29, 0.717) is 23.4 Å². The Morgan fingerprint density at radius 2 is 1.52 bits per heavy atom. The largest absolute Gasteiger partial charge is 0.351 e. The van der Waals surface area contributed by atoms with Crippen molar-refractivity contribution in [1.82, 2.24) is 5.32 Å². The summed E-state index contributed by atoms with van der Waals surface area (Å²) in [6.45, 7) is 4.27. The highest BCUT2D eigenvalue weighted by Crippen LogP contribution is 2.23. The second kappa shape index (κ2) is 8.92. The van der Waals surface area contributed by atoms with Gasteiger partial charge in [0, 0.05) is 12.1 Å². The SMILES string of the molecule is Cc1c(NS(=O)(=O)c2ccccc2)cccc1C(=O)NCC(C)c1ccccc1. The number of anilines is 1. The first-order chi connectivity index (χ1) is 13.9. The molecule has 0 saturated carbocycles. The van der Waals surface area contributed by atoms with Crippen LogP contribution in [0.3, 0.4) is 0 Å². The van der Waals surface area contributed by atoms with Crippen LogP contribution in [0.25, 0.3) is 0 Å². The molecule has 1 atom stereocenters. The minimum Gasteiger partial charge on any atom is -0.351 e. The zero-order valence-corrected chi connectivity index (χ0v) is 17.2. The molecule has 0 radical (unpaired) electrons. The van der Waals surface area contributed by atoms with Gasteiger partial charge in [-0.05, 0) is 48.2 Å². The molecule has 1 amide bonds. The second-order valence-electron chi connectivity index (χ2n) is 6.92. The molecule has 0 aliphatic heterocycles. The minimum absolute atomic E-state index is 0.167. The van der Waals surface area contributed by atoms with Crippen LogP contribution in [0.1, 0.15) is 34.3 Å². The second-order valence-corrected chi connectivity index (χ2v) is 8.60. The van der Waals surface area contributed by atoms with E-state index in [1.165, 1.54) is 12.1 Å². The van der Waals surface area contributed by atoms with E-state index in [0.717, 1.165) is 5.56 Å². The maximum absolute atomic E-state index is 12.7. The molecule has 3 rings (SSSR count). The van der Waals surface area contributed by atoms with Gasteiger partial charge in [-0.1, -0.05) is 61.5 Å². The van der Waals surface area contributed by atoms with Crippen molar-refractivity contribution in [1.29, 1.82) is 0 Å². The van der Waals surface area contributed by atoms with Crippen molar-refractivity contribution in [3.8, 4) is 0 Å². The number of sulfonamides is 1. The van der Waals surface area contributed by atoms with Crippen molar-refractivity contribution >= 4 is 21.6 Å². The van der Waals surface area contributed by atoms with E-state index in [1.54, 1.807) is 43.3 Å².